The van der Waals surface area contributed by atoms with Crippen LogP contribution in [0.1, 0.15) is 51.9 Å². The average Bonchev–Trinajstić information content (AvgIpc) is 2.78. The van der Waals surface area contributed by atoms with Crippen LogP contribution in [0.3, 0.4) is 0 Å². The van der Waals surface area contributed by atoms with Gasteiger partial charge in [0.05, 0.1) is 5.56 Å². The number of thiophene rings is 1. The van der Waals surface area contributed by atoms with Gasteiger partial charge in [0.25, 0.3) is 8.41 Å². The molecule has 0 bridgehead atoms. The lowest BCUT2D eigenvalue weighted by atomic mass is 10.2. The molecule has 2 rings (SSSR count). The number of benzene rings is 1. The van der Waals surface area contributed by atoms with E-state index >= 15 is 4.11 Å². The van der Waals surface area contributed by atoms with Crippen molar-refractivity contribution in [3.63, 3.8) is 0 Å². The quantitative estimate of drug-likeness (QED) is 0.594. The maximum absolute atomic E-state index is 16.3. The van der Waals surface area contributed by atoms with Crippen molar-refractivity contribution in [3.8, 4) is 0 Å². The third-order valence-electron chi connectivity index (χ3n) is 4.18. The molecular formula is C17H23FO2SSi. The van der Waals surface area contributed by atoms with Gasteiger partial charge in [0.2, 0.25) is 0 Å². The molecule has 1 N–H and O–H groups in total. The van der Waals surface area contributed by atoms with Gasteiger partial charge in [-0.05, 0) is 27.6 Å². The second kappa shape index (κ2) is 5.17. The van der Waals surface area contributed by atoms with E-state index in [0.29, 0.717) is 4.70 Å². The Bertz CT molecular complexity index is 708. The zero-order valence-electron chi connectivity index (χ0n) is 14.0. The van der Waals surface area contributed by atoms with Crippen molar-refractivity contribution in [3.05, 3.63) is 29.8 Å². The van der Waals surface area contributed by atoms with Crippen molar-refractivity contribution in [2.24, 2.45) is 0 Å². The van der Waals surface area contributed by atoms with Crippen molar-refractivity contribution in [1.82, 2.24) is 0 Å². The number of hydrogen-bond acceptors (Lipinski definition) is 2. The van der Waals surface area contributed by atoms with Crippen LogP contribution in [0, 0.1) is 0 Å². The van der Waals surface area contributed by atoms with Gasteiger partial charge in [-0.25, -0.2) is 4.79 Å². The second-order valence-corrected chi connectivity index (χ2v) is 14.1. The van der Waals surface area contributed by atoms with E-state index in [2.05, 4.69) is 0 Å². The van der Waals surface area contributed by atoms with Crippen molar-refractivity contribution in [2.75, 3.05) is 0 Å². The topological polar surface area (TPSA) is 37.3 Å². The minimum absolute atomic E-state index is 0.257. The Hall–Kier alpha value is -1.20. The Morgan fingerprint density at radius 3 is 2.14 bits per heavy atom. The number of fused-ring (bicyclic) bond motifs is 1. The number of halogens is 1. The van der Waals surface area contributed by atoms with Gasteiger partial charge < -0.3 is 9.21 Å². The van der Waals surface area contributed by atoms with Crippen LogP contribution in [-0.4, -0.2) is 19.5 Å². The summed E-state index contributed by atoms with van der Waals surface area (Å²) in [6, 6.07) is 7.04. The molecule has 0 unspecified atom stereocenters. The lowest BCUT2D eigenvalue weighted by Crippen LogP contribution is -2.56. The van der Waals surface area contributed by atoms with Gasteiger partial charge in [-0.3, -0.25) is 0 Å². The predicted molar refractivity (Wildman–Crippen MR) is 94.7 cm³/mol. The summed E-state index contributed by atoms with van der Waals surface area (Å²) in [4.78, 5) is 11.4. The number of carboxylic acid groups (broad SMARTS) is 1. The summed E-state index contributed by atoms with van der Waals surface area (Å²) in [6.45, 7) is 11.7. The summed E-state index contributed by atoms with van der Waals surface area (Å²) in [5, 5.41) is 9.24. The molecule has 1 aromatic heterocycles. The Kier molecular flexibility index (Phi) is 4.03. The molecule has 0 saturated heterocycles. The number of carboxylic acids is 1. The Morgan fingerprint density at radius 1 is 1.14 bits per heavy atom. The molecule has 0 saturated carbocycles. The summed E-state index contributed by atoms with van der Waals surface area (Å²) in [5.74, 6) is -0.961. The minimum atomic E-state index is -3.34. The normalized spacial score (nSPS) is 13.6. The van der Waals surface area contributed by atoms with E-state index in [4.69, 9.17) is 0 Å². The average molecular weight is 339 g/mol. The van der Waals surface area contributed by atoms with E-state index in [-0.39, 0.29) is 5.56 Å². The van der Waals surface area contributed by atoms with E-state index in [1.807, 2.05) is 53.7 Å². The van der Waals surface area contributed by atoms with E-state index < -0.39 is 24.5 Å². The number of aromatic carboxylic acids is 1. The van der Waals surface area contributed by atoms with E-state index in [1.165, 1.54) is 11.3 Å². The molecule has 22 heavy (non-hydrogen) atoms. The molecule has 2 aromatic rings. The van der Waals surface area contributed by atoms with E-state index in [1.54, 1.807) is 12.1 Å². The van der Waals surface area contributed by atoms with Crippen molar-refractivity contribution >= 4 is 40.3 Å². The highest BCUT2D eigenvalue weighted by Gasteiger charge is 2.57. The Balaban J connectivity index is 2.78. The van der Waals surface area contributed by atoms with Gasteiger partial charge in [0.1, 0.15) is 0 Å². The number of hydrogen-bond donors (Lipinski definition) is 1. The molecule has 1 heterocycles. The smallest absolute Gasteiger partial charge is 0.337 e. The predicted octanol–water partition coefficient (Wildman–Crippen LogP) is 5.32. The summed E-state index contributed by atoms with van der Waals surface area (Å²) in [6.07, 6.45) is 0. The SMILES string of the molecule is CC(C)(C)[Si](F)(c1cc2cccc(C(=O)O)c2s1)C(C)(C)C. The fourth-order valence-corrected chi connectivity index (χ4v) is 11.0. The fraction of sp³-hybridized carbons (Fsp3) is 0.471. The minimum Gasteiger partial charge on any atom is -0.478 e. The highest BCUT2D eigenvalue weighted by molar-refractivity contribution is 7.31. The summed E-state index contributed by atoms with van der Waals surface area (Å²) >= 11 is 1.32. The molecule has 120 valence electrons. The van der Waals surface area contributed by atoms with E-state index in [0.717, 1.165) is 9.89 Å². The zero-order valence-corrected chi connectivity index (χ0v) is 15.8. The highest BCUT2D eigenvalue weighted by atomic mass is 32.1. The Labute approximate surface area is 136 Å². The summed E-state index contributed by atoms with van der Waals surface area (Å²) in [5.41, 5.74) is 0.257. The van der Waals surface area contributed by atoms with Crippen LogP contribution in [0.5, 0.6) is 0 Å². The van der Waals surface area contributed by atoms with Crippen molar-refractivity contribution in [1.29, 1.82) is 0 Å². The lowest BCUT2D eigenvalue weighted by molar-refractivity contribution is 0.0699. The van der Waals surface area contributed by atoms with Gasteiger partial charge in [0, 0.05) is 9.20 Å². The van der Waals surface area contributed by atoms with Crippen LogP contribution in [-0.2, 0) is 0 Å². The van der Waals surface area contributed by atoms with E-state index in [9.17, 15) is 9.90 Å². The lowest BCUT2D eigenvalue weighted by Gasteiger charge is -2.43. The summed E-state index contributed by atoms with van der Waals surface area (Å²) < 4.78 is 17.7. The molecule has 0 fully saturated rings. The maximum atomic E-state index is 16.3. The third kappa shape index (κ3) is 2.50. The monoisotopic (exact) mass is 338 g/mol. The molecule has 1 aromatic carbocycles. The number of rotatable bonds is 2. The zero-order chi connectivity index (χ0) is 16.9. The molecule has 2 nitrogen and oxygen atoms in total. The number of carbonyl (C=O) groups is 1. The largest absolute Gasteiger partial charge is 0.478 e. The first kappa shape index (κ1) is 17.2. The molecule has 0 aliphatic carbocycles. The van der Waals surface area contributed by atoms with Crippen molar-refractivity contribution in [2.45, 2.75) is 51.6 Å². The maximum Gasteiger partial charge on any atom is 0.337 e. The second-order valence-electron chi connectivity index (χ2n) is 7.80. The first-order valence-corrected chi connectivity index (χ1v) is 10.0. The molecule has 0 spiro atoms. The standard InChI is InChI=1S/C17H23FO2SSi/c1-16(2,3)22(18,17(4,5)6)13-10-11-8-7-9-12(15(19)20)14(11)21-13/h7-10H,1-6H3,(H,19,20). The van der Waals surface area contributed by atoms with Gasteiger partial charge >= 0.3 is 5.97 Å². The first-order chi connectivity index (χ1) is 9.89. The molecule has 5 heteroatoms. The van der Waals surface area contributed by atoms with Crippen LogP contribution in [0.15, 0.2) is 24.3 Å². The third-order valence-corrected chi connectivity index (χ3v) is 11.3. The van der Waals surface area contributed by atoms with Crippen LogP contribution in [0.25, 0.3) is 10.1 Å². The molecular weight excluding hydrogens is 315 g/mol. The Morgan fingerprint density at radius 2 is 1.68 bits per heavy atom. The molecule has 0 aliphatic rings. The summed E-state index contributed by atoms with van der Waals surface area (Å²) in [7, 11) is -3.34. The molecule has 0 atom stereocenters. The van der Waals surface area contributed by atoms with Crippen LogP contribution >= 0.6 is 11.3 Å². The van der Waals surface area contributed by atoms with Crippen LogP contribution in [0.4, 0.5) is 4.11 Å². The van der Waals surface area contributed by atoms with Gasteiger partial charge in [0.15, 0.2) is 0 Å². The fourth-order valence-electron chi connectivity index (χ4n) is 3.27. The van der Waals surface area contributed by atoms with Crippen LogP contribution in [0.2, 0.25) is 10.1 Å². The van der Waals surface area contributed by atoms with Crippen LogP contribution < -0.4 is 4.50 Å². The molecule has 0 amide bonds. The molecule has 0 aliphatic heterocycles. The van der Waals surface area contributed by atoms with Gasteiger partial charge in [-0.1, -0.05) is 53.7 Å². The van der Waals surface area contributed by atoms with Gasteiger partial charge in [-0.2, -0.15) is 0 Å². The highest BCUT2D eigenvalue weighted by Crippen LogP contribution is 2.52. The van der Waals surface area contributed by atoms with Gasteiger partial charge in [-0.15, -0.1) is 11.3 Å². The first-order valence-electron chi connectivity index (χ1n) is 7.35. The van der Waals surface area contributed by atoms with Crippen molar-refractivity contribution < 1.29 is 14.0 Å². The molecule has 0 radical (unpaired) electrons.